The first kappa shape index (κ1) is 10.3. The zero-order valence-electron chi connectivity index (χ0n) is 8.15. The van der Waals surface area contributed by atoms with E-state index in [4.69, 9.17) is 0 Å². The summed E-state index contributed by atoms with van der Waals surface area (Å²) in [5, 5.41) is 1.17. The van der Waals surface area contributed by atoms with Gasteiger partial charge in [-0.25, -0.2) is 0 Å². The molecule has 0 spiro atoms. The number of rotatable bonds is 2. The normalized spacial score (nSPS) is 34.1. The van der Waals surface area contributed by atoms with Gasteiger partial charge >= 0.3 is 0 Å². The molecule has 70 valence electrons. The maximum Gasteiger partial charge on any atom is 0.00340 e. The molecule has 1 saturated carbocycles. The summed E-state index contributed by atoms with van der Waals surface area (Å²) >= 11 is 3.53. The lowest BCUT2D eigenvalue weighted by Gasteiger charge is -2.28. The fourth-order valence-electron chi connectivity index (χ4n) is 2.25. The zero-order chi connectivity index (χ0) is 8.97. The van der Waals surface area contributed by atoms with Gasteiger partial charge in [-0.15, -0.1) is 0 Å². The van der Waals surface area contributed by atoms with E-state index in [9.17, 15) is 0 Å². The van der Waals surface area contributed by atoms with Gasteiger partial charge in [0.15, 0.2) is 0 Å². The van der Waals surface area contributed by atoms with Crippen LogP contribution < -0.4 is 0 Å². The molecular formula is C11H19Br. The lowest BCUT2D eigenvalue weighted by molar-refractivity contribution is 0.331. The van der Waals surface area contributed by atoms with E-state index in [0.29, 0.717) is 0 Å². The zero-order valence-corrected chi connectivity index (χ0v) is 9.73. The SMILES string of the molecule is CC=C1CC(C)CC(CCBr)C1. The van der Waals surface area contributed by atoms with E-state index >= 15 is 0 Å². The van der Waals surface area contributed by atoms with Crippen molar-refractivity contribution in [2.75, 3.05) is 5.33 Å². The molecule has 0 aromatic heterocycles. The van der Waals surface area contributed by atoms with Gasteiger partial charge in [0, 0.05) is 5.33 Å². The average Bonchev–Trinajstić information content (AvgIpc) is 2.04. The van der Waals surface area contributed by atoms with Crippen LogP contribution in [0.25, 0.3) is 0 Å². The average molecular weight is 231 g/mol. The minimum atomic E-state index is 0.911. The van der Waals surface area contributed by atoms with Crippen LogP contribution in [0.4, 0.5) is 0 Å². The summed E-state index contributed by atoms with van der Waals surface area (Å²) in [6.45, 7) is 4.56. The maximum atomic E-state index is 3.53. The Labute approximate surface area is 84.6 Å². The maximum absolute atomic E-state index is 3.53. The van der Waals surface area contributed by atoms with Gasteiger partial charge in [-0.3, -0.25) is 0 Å². The van der Waals surface area contributed by atoms with E-state index in [0.717, 1.165) is 11.8 Å². The third kappa shape index (κ3) is 2.93. The van der Waals surface area contributed by atoms with E-state index < -0.39 is 0 Å². The van der Waals surface area contributed by atoms with Crippen LogP contribution in [-0.4, -0.2) is 5.33 Å². The first-order valence-electron chi connectivity index (χ1n) is 4.96. The van der Waals surface area contributed by atoms with Crippen molar-refractivity contribution in [2.24, 2.45) is 11.8 Å². The van der Waals surface area contributed by atoms with Crippen molar-refractivity contribution in [3.63, 3.8) is 0 Å². The van der Waals surface area contributed by atoms with Crippen molar-refractivity contribution in [3.8, 4) is 0 Å². The Morgan fingerprint density at radius 2 is 2.25 bits per heavy atom. The largest absolute Gasteiger partial charge is 0.0928 e. The monoisotopic (exact) mass is 230 g/mol. The Bertz CT molecular complexity index is 160. The van der Waals surface area contributed by atoms with E-state index in [-0.39, 0.29) is 0 Å². The molecule has 0 saturated heterocycles. The van der Waals surface area contributed by atoms with Crippen LogP contribution in [-0.2, 0) is 0 Å². The summed E-state index contributed by atoms with van der Waals surface area (Å²) in [4.78, 5) is 0. The number of allylic oxidation sites excluding steroid dienone is 2. The second-order valence-electron chi connectivity index (χ2n) is 4.04. The van der Waals surface area contributed by atoms with Crippen molar-refractivity contribution in [2.45, 2.75) is 39.5 Å². The van der Waals surface area contributed by atoms with Crippen LogP contribution in [0.1, 0.15) is 39.5 Å². The molecule has 0 nitrogen and oxygen atoms in total. The molecule has 0 heterocycles. The van der Waals surface area contributed by atoms with E-state index in [1.807, 2.05) is 0 Å². The Morgan fingerprint density at radius 3 is 2.83 bits per heavy atom. The topological polar surface area (TPSA) is 0 Å². The van der Waals surface area contributed by atoms with Gasteiger partial charge in [0.25, 0.3) is 0 Å². The van der Waals surface area contributed by atoms with Crippen LogP contribution in [0.2, 0.25) is 0 Å². The smallest absolute Gasteiger partial charge is 0.00340 e. The minimum absolute atomic E-state index is 0.911. The Balaban J connectivity index is 2.45. The Hall–Kier alpha value is 0.220. The van der Waals surface area contributed by atoms with Crippen molar-refractivity contribution >= 4 is 15.9 Å². The molecule has 1 rings (SSSR count). The van der Waals surface area contributed by atoms with Gasteiger partial charge < -0.3 is 0 Å². The third-order valence-corrected chi connectivity index (χ3v) is 3.28. The summed E-state index contributed by atoms with van der Waals surface area (Å²) in [7, 11) is 0. The fraction of sp³-hybridized carbons (Fsp3) is 0.818. The highest BCUT2D eigenvalue weighted by atomic mass is 79.9. The van der Waals surface area contributed by atoms with Crippen molar-refractivity contribution < 1.29 is 0 Å². The lowest BCUT2D eigenvalue weighted by atomic mass is 9.78. The molecule has 0 aromatic carbocycles. The Morgan fingerprint density at radius 1 is 1.50 bits per heavy atom. The summed E-state index contributed by atoms with van der Waals surface area (Å²) in [5.41, 5.74) is 1.68. The number of hydrogen-bond donors (Lipinski definition) is 0. The quantitative estimate of drug-likeness (QED) is 0.494. The molecule has 0 N–H and O–H groups in total. The Kier molecular flexibility index (Phi) is 4.34. The molecule has 1 aliphatic carbocycles. The predicted octanol–water partition coefficient (Wildman–Crippen LogP) is 4.15. The highest BCUT2D eigenvalue weighted by Gasteiger charge is 2.20. The summed E-state index contributed by atoms with van der Waals surface area (Å²) in [6.07, 6.45) is 7.79. The molecule has 1 heteroatoms. The highest BCUT2D eigenvalue weighted by molar-refractivity contribution is 9.09. The summed E-state index contributed by atoms with van der Waals surface area (Å²) in [6, 6.07) is 0. The first-order valence-corrected chi connectivity index (χ1v) is 6.08. The highest BCUT2D eigenvalue weighted by Crippen LogP contribution is 2.34. The standard InChI is InChI=1S/C11H19Br/c1-3-10-6-9(2)7-11(8-10)4-5-12/h3,9,11H,4-8H2,1-2H3. The minimum Gasteiger partial charge on any atom is -0.0928 e. The van der Waals surface area contributed by atoms with Crippen LogP contribution in [0.5, 0.6) is 0 Å². The van der Waals surface area contributed by atoms with Crippen molar-refractivity contribution in [1.82, 2.24) is 0 Å². The van der Waals surface area contributed by atoms with Gasteiger partial charge in [0.05, 0.1) is 0 Å². The lowest BCUT2D eigenvalue weighted by Crippen LogP contribution is -2.15. The van der Waals surface area contributed by atoms with Crippen LogP contribution in [0, 0.1) is 11.8 Å². The van der Waals surface area contributed by atoms with Gasteiger partial charge in [0.1, 0.15) is 0 Å². The summed E-state index contributed by atoms with van der Waals surface area (Å²) < 4.78 is 0. The van der Waals surface area contributed by atoms with Crippen molar-refractivity contribution in [1.29, 1.82) is 0 Å². The van der Waals surface area contributed by atoms with Crippen molar-refractivity contribution in [3.05, 3.63) is 11.6 Å². The van der Waals surface area contributed by atoms with Gasteiger partial charge in [-0.2, -0.15) is 0 Å². The number of alkyl halides is 1. The summed E-state index contributed by atoms with van der Waals surface area (Å²) in [5.74, 6) is 1.85. The fourth-order valence-corrected chi connectivity index (χ4v) is 2.89. The molecule has 2 unspecified atom stereocenters. The van der Waals surface area contributed by atoms with E-state index in [1.54, 1.807) is 5.57 Å². The number of hydrogen-bond acceptors (Lipinski definition) is 0. The molecule has 0 aromatic rings. The van der Waals surface area contributed by atoms with Gasteiger partial charge in [0.2, 0.25) is 0 Å². The molecule has 0 aliphatic heterocycles. The molecule has 0 radical (unpaired) electrons. The molecular weight excluding hydrogens is 212 g/mol. The van der Waals surface area contributed by atoms with Crippen LogP contribution >= 0.6 is 15.9 Å². The molecule has 0 amide bonds. The molecule has 2 atom stereocenters. The molecule has 1 aliphatic rings. The molecule has 12 heavy (non-hydrogen) atoms. The number of halogens is 1. The van der Waals surface area contributed by atoms with Gasteiger partial charge in [-0.05, 0) is 44.4 Å². The van der Waals surface area contributed by atoms with Crippen LogP contribution in [0.15, 0.2) is 11.6 Å². The first-order chi connectivity index (χ1) is 5.76. The van der Waals surface area contributed by atoms with E-state index in [2.05, 4.69) is 35.9 Å². The molecule has 0 bridgehead atoms. The van der Waals surface area contributed by atoms with E-state index in [1.165, 1.54) is 31.0 Å². The predicted molar refractivity (Wildman–Crippen MR) is 58.7 cm³/mol. The second kappa shape index (κ2) is 5.06. The third-order valence-electron chi connectivity index (χ3n) is 2.82. The van der Waals surface area contributed by atoms with Crippen LogP contribution in [0.3, 0.4) is 0 Å². The van der Waals surface area contributed by atoms with Gasteiger partial charge in [-0.1, -0.05) is 34.5 Å². The second-order valence-corrected chi connectivity index (χ2v) is 4.83. The molecule has 1 fully saturated rings.